The highest BCUT2D eigenvalue weighted by molar-refractivity contribution is 5.54. The molecule has 1 saturated heterocycles. The summed E-state index contributed by atoms with van der Waals surface area (Å²) >= 11 is 0. The number of hydrogen-bond donors (Lipinski definition) is 2. The molecule has 62 valence electrons. The van der Waals surface area contributed by atoms with E-state index < -0.39 is 0 Å². The second-order valence-electron chi connectivity index (χ2n) is 4.65. The van der Waals surface area contributed by atoms with Gasteiger partial charge >= 0.3 is 0 Å². The summed E-state index contributed by atoms with van der Waals surface area (Å²) < 4.78 is 0. The van der Waals surface area contributed by atoms with E-state index in [-0.39, 0.29) is 5.54 Å². The van der Waals surface area contributed by atoms with Crippen molar-refractivity contribution in [1.29, 1.82) is 0 Å². The van der Waals surface area contributed by atoms with Crippen molar-refractivity contribution in [2.24, 2.45) is 17.6 Å². The van der Waals surface area contributed by atoms with Crippen LogP contribution >= 0.6 is 0 Å². The third kappa shape index (κ3) is 0.411. The van der Waals surface area contributed by atoms with Crippen LogP contribution in [0.4, 0.5) is 0 Å². The van der Waals surface area contributed by atoms with E-state index in [1.54, 1.807) is 0 Å². The van der Waals surface area contributed by atoms with Gasteiger partial charge in [0.05, 0.1) is 5.54 Å². The lowest BCUT2D eigenvalue weighted by Gasteiger charge is -2.48. The van der Waals surface area contributed by atoms with Crippen molar-refractivity contribution in [3.05, 3.63) is 0 Å². The van der Waals surface area contributed by atoms with Gasteiger partial charge in [-0.3, -0.25) is 0 Å². The maximum Gasteiger partial charge on any atom is 0.0571 e. The number of hydrogen-bond acceptors (Lipinski definition) is 2. The van der Waals surface area contributed by atoms with E-state index in [1.807, 2.05) is 0 Å². The molecular formula is C9H16N2. The van der Waals surface area contributed by atoms with Crippen molar-refractivity contribution in [3.63, 3.8) is 0 Å². The quantitative estimate of drug-likeness (QED) is 0.565. The zero-order valence-corrected chi connectivity index (χ0v) is 7.22. The molecule has 3 N–H and O–H groups in total. The van der Waals surface area contributed by atoms with Crippen LogP contribution in [0.1, 0.15) is 26.7 Å². The summed E-state index contributed by atoms with van der Waals surface area (Å²) in [6.07, 6.45) is 2.50. The van der Waals surface area contributed by atoms with Crippen LogP contribution < -0.4 is 11.1 Å². The molecular weight excluding hydrogens is 136 g/mol. The second-order valence-corrected chi connectivity index (χ2v) is 4.65. The Labute approximate surface area is 67.5 Å². The summed E-state index contributed by atoms with van der Waals surface area (Å²) in [7, 11) is 0. The molecule has 2 aliphatic carbocycles. The number of fused-ring (bicyclic) bond motifs is 1. The number of nitrogens with one attached hydrogen (secondary N) is 1. The average Bonchev–Trinajstić information content (AvgIpc) is 2.84. The maximum absolute atomic E-state index is 6.36. The molecule has 3 aliphatic rings. The van der Waals surface area contributed by atoms with Crippen molar-refractivity contribution in [1.82, 2.24) is 5.32 Å². The lowest BCUT2D eigenvalue weighted by molar-refractivity contribution is 0.105. The fourth-order valence-corrected chi connectivity index (χ4v) is 3.21. The van der Waals surface area contributed by atoms with Crippen LogP contribution in [0.3, 0.4) is 0 Å². The Balaban J connectivity index is 1.85. The Bertz CT molecular complexity index is 222. The van der Waals surface area contributed by atoms with Gasteiger partial charge in [-0.05, 0) is 18.3 Å². The molecule has 3 fully saturated rings. The zero-order valence-electron chi connectivity index (χ0n) is 7.22. The number of piperidine rings is 1. The first-order valence-corrected chi connectivity index (χ1v) is 4.73. The fourth-order valence-electron chi connectivity index (χ4n) is 3.21. The van der Waals surface area contributed by atoms with Crippen molar-refractivity contribution in [3.8, 4) is 0 Å². The van der Waals surface area contributed by atoms with E-state index in [4.69, 9.17) is 5.73 Å². The Morgan fingerprint density at radius 1 is 1.73 bits per heavy atom. The van der Waals surface area contributed by atoms with E-state index in [9.17, 15) is 0 Å². The first kappa shape index (κ1) is 6.44. The summed E-state index contributed by atoms with van der Waals surface area (Å²) in [5.74, 6) is 1.67. The highest BCUT2D eigenvalue weighted by Crippen LogP contribution is 2.76. The van der Waals surface area contributed by atoms with E-state index in [0.717, 1.165) is 12.0 Å². The topological polar surface area (TPSA) is 48.0 Å². The Morgan fingerprint density at radius 3 is 2.73 bits per heavy atom. The molecule has 1 heterocycles. The van der Waals surface area contributed by atoms with E-state index in [1.165, 1.54) is 12.8 Å². The van der Waals surface area contributed by atoms with Crippen LogP contribution in [-0.4, -0.2) is 17.1 Å². The third-order valence-corrected chi connectivity index (χ3v) is 4.50. The molecule has 2 heteroatoms. The van der Waals surface area contributed by atoms with Crippen molar-refractivity contribution in [2.45, 2.75) is 43.8 Å². The Morgan fingerprint density at radius 2 is 2.45 bits per heavy atom. The number of nitrogens with two attached hydrogens (primary N) is 1. The molecule has 4 unspecified atom stereocenters. The van der Waals surface area contributed by atoms with Gasteiger partial charge in [0.25, 0.3) is 0 Å². The SMILES string of the molecule is CC[C@H](C)C1(N)CC2C3NC231. The van der Waals surface area contributed by atoms with Crippen molar-refractivity contribution >= 4 is 0 Å². The molecule has 1 spiro atoms. The minimum Gasteiger partial charge on any atom is -0.323 e. The van der Waals surface area contributed by atoms with Gasteiger partial charge in [0.2, 0.25) is 0 Å². The summed E-state index contributed by atoms with van der Waals surface area (Å²) in [5.41, 5.74) is 6.98. The van der Waals surface area contributed by atoms with E-state index >= 15 is 0 Å². The molecule has 0 amide bonds. The van der Waals surface area contributed by atoms with Crippen LogP contribution in [0.2, 0.25) is 0 Å². The van der Waals surface area contributed by atoms with Gasteiger partial charge in [-0.25, -0.2) is 0 Å². The molecule has 0 aromatic carbocycles. The predicted octanol–water partition coefficient (Wildman–Crippen LogP) is 0.474. The minimum atomic E-state index is 0.164. The first-order chi connectivity index (χ1) is 5.17. The van der Waals surface area contributed by atoms with Gasteiger partial charge in [0, 0.05) is 11.6 Å². The molecule has 1 aliphatic heterocycles. The predicted molar refractivity (Wildman–Crippen MR) is 44.1 cm³/mol. The Hall–Kier alpha value is -0.0800. The van der Waals surface area contributed by atoms with Crippen LogP contribution in [0, 0.1) is 11.8 Å². The summed E-state index contributed by atoms with van der Waals surface area (Å²) in [6, 6.07) is 0.835. The van der Waals surface area contributed by atoms with Gasteiger partial charge < -0.3 is 11.1 Å². The Kier molecular flexibility index (Phi) is 0.807. The third-order valence-electron chi connectivity index (χ3n) is 4.50. The van der Waals surface area contributed by atoms with Gasteiger partial charge in [0.1, 0.15) is 0 Å². The highest BCUT2D eigenvalue weighted by atomic mass is 15.4. The van der Waals surface area contributed by atoms with Crippen molar-refractivity contribution in [2.75, 3.05) is 0 Å². The van der Waals surface area contributed by atoms with Gasteiger partial charge in [0.15, 0.2) is 0 Å². The monoisotopic (exact) mass is 152 g/mol. The summed E-state index contributed by atoms with van der Waals surface area (Å²) in [4.78, 5) is 0. The minimum absolute atomic E-state index is 0.164. The van der Waals surface area contributed by atoms with E-state index in [2.05, 4.69) is 19.2 Å². The smallest absolute Gasteiger partial charge is 0.0571 e. The van der Waals surface area contributed by atoms with Crippen LogP contribution in [0.5, 0.6) is 0 Å². The van der Waals surface area contributed by atoms with Gasteiger partial charge in [-0.15, -0.1) is 0 Å². The zero-order chi connectivity index (χ0) is 7.85. The first-order valence-electron chi connectivity index (χ1n) is 4.73. The average molecular weight is 152 g/mol. The summed E-state index contributed by atoms with van der Waals surface area (Å²) in [5, 5.41) is 3.49. The van der Waals surface area contributed by atoms with Gasteiger partial charge in [-0.1, -0.05) is 20.3 Å². The van der Waals surface area contributed by atoms with Crippen LogP contribution in [-0.2, 0) is 0 Å². The molecule has 3 rings (SSSR count). The van der Waals surface area contributed by atoms with Crippen molar-refractivity contribution < 1.29 is 0 Å². The lowest BCUT2D eigenvalue weighted by Crippen LogP contribution is -2.65. The molecule has 2 saturated carbocycles. The standard InChI is InChI=1S/C9H16N2/c1-3-5(2)8(10)4-6-7-9(6,8)11-7/h5-7,11H,3-4,10H2,1-2H3/t5-,6?,7?,8?,9?/m0/s1. The largest absolute Gasteiger partial charge is 0.323 e. The van der Waals surface area contributed by atoms with E-state index in [0.29, 0.717) is 11.5 Å². The molecule has 0 radical (unpaired) electrons. The molecule has 5 atom stereocenters. The molecule has 2 nitrogen and oxygen atoms in total. The normalized spacial score (nSPS) is 65.7. The maximum atomic E-state index is 6.36. The molecule has 0 aromatic rings. The molecule has 0 bridgehead atoms. The lowest BCUT2D eigenvalue weighted by atomic mass is 9.65. The second kappa shape index (κ2) is 1.38. The summed E-state index contributed by atoms with van der Waals surface area (Å²) in [6.45, 7) is 4.53. The van der Waals surface area contributed by atoms with Crippen LogP contribution in [0.25, 0.3) is 0 Å². The molecule has 0 aromatic heterocycles. The fraction of sp³-hybridized carbons (Fsp3) is 1.00. The highest BCUT2D eigenvalue weighted by Gasteiger charge is 2.93. The van der Waals surface area contributed by atoms with Crippen LogP contribution in [0.15, 0.2) is 0 Å². The molecule has 11 heavy (non-hydrogen) atoms. The number of rotatable bonds is 2. The van der Waals surface area contributed by atoms with Gasteiger partial charge in [-0.2, -0.15) is 0 Å².